The Balaban J connectivity index is 1.38. The van der Waals surface area contributed by atoms with Crippen LogP contribution in [0.1, 0.15) is 45.7 Å². The second-order valence-electron chi connectivity index (χ2n) is 7.30. The van der Waals surface area contributed by atoms with Crippen molar-refractivity contribution in [1.29, 1.82) is 0 Å². The minimum atomic E-state index is -0.143. The predicted molar refractivity (Wildman–Crippen MR) is 101 cm³/mol. The number of morpholine rings is 1. The fourth-order valence-corrected chi connectivity index (χ4v) is 3.78. The van der Waals surface area contributed by atoms with Crippen molar-refractivity contribution in [3.63, 3.8) is 0 Å². The number of aryl methyl sites for hydroxylation is 2. The first-order valence-corrected chi connectivity index (χ1v) is 9.89. The number of carbonyl (C=O) groups is 2. The molecule has 4 heterocycles. The molecule has 150 valence electrons. The summed E-state index contributed by atoms with van der Waals surface area (Å²) in [7, 11) is 0. The van der Waals surface area contributed by atoms with E-state index in [2.05, 4.69) is 20.4 Å². The third kappa shape index (κ3) is 3.80. The van der Waals surface area contributed by atoms with Gasteiger partial charge in [0.1, 0.15) is 11.5 Å². The summed E-state index contributed by atoms with van der Waals surface area (Å²) in [6.45, 7) is 5.71. The number of hydrogen-bond donors (Lipinski definition) is 2. The average Bonchev–Trinajstić information content (AvgIpc) is 3.39. The number of nitrogens with one attached hydrogen (secondary N) is 2. The summed E-state index contributed by atoms with van der Waals surface area (Å²) in [4.78, 5) is 34.2. The lowest BCUT2D eigenvalue weighted by Crippen LogP contribution is -2.41. The SMILES string of the molecule is CCc1ncc(C(=O)NC[C@@H]2CCn3ncc(C(=O)N4CCOCC4)c3C2)[nH]1. The van der Waals surface area contributed by atoms with Crippen LogP contribution in [0, 0.1) is 5.92 Å². The van der Waals surface area contributed by atoms with Gasteiger partial charge in [-0.1, -0.05) is 6.92 Å². The van der Waals surface area contributed by atoms with Crippen LogP contribution in [-0.4, -0.2) is 69.3 Å². The number of aromatic nitrogens is 4. The summed E-state index contributed by atoms with van der Waals surface area (Å²) in [5, 5.41) is 7.39. The molecule has 2 aliphatic rings. The van der Waals surface area contributed by atoms with Crippen molar-refractivity contribution in [2.24, 2.45) is 5.92 Å². The molecule has 2 aliphatic heterocycles. The fourth-order valence-electron chi connectivity index (χ4n) is 3.78. The molecule has 2 aromatic heterocycles. The molecule has 0 aromatic carbocycles. The molecule has 0 bridgehead atoms. The maximum atomic E-state index is 12.9. The lowest BCUT2D eigenvalue weighted by molar-refractivity contribution is 0.0301. The van der Waals surface area contributed by atoms with Crippen LogP contribution in [0.3, 0.4) is 0 Å². The van der Waals surface area contributed by atoms with Crippen molar-refractivity contribution < 1.29 is 14.3 Å². The van der Waals surface area contributed by atoms with Crippen molar-refractivity contribution in [3.8, 4) is 0 Å². The number of aromatic amines is 1. The van der Waals surface area contributed by atoms with Gasteiger partial charge in [-0.3, -0.25) is 14.3 Å². The summed E-state index contributed by atoms with van der Waals surface area (Å²) in [6, 6.07) is 0. The van der Waals surface area contributed by atoms with Crippen molar-refractivity contribution in [1.82, 2.24) is 30.0 Å². The minimum absolute atomic E-state index is 0.0267. The highest BCUT2D eigenvalue weighted by molar-refractivity contribution is 5.95. The number of nitrogens with zero attached hydrogens (tertiary/aromatic N) is 4. The maximum absolute atomic E-state index is 12.9. The van der Waals surface area contributed by atoms with Crippen molar-refractivity contribution >= 4 is 11.8 Å². The first-order chi connectivity index (χ1) is 13.7. The Labute approximate surface area is 163 Å². The highest BCUT2D eigenvalue weighted by atomic mass is 16.5. The summed E-state index contributed by atoms with van der Waals surface area (Å²) < 4.78 is 7.26. The molecule has 0 saturated carbocycles. The molecule has 0 aliphatic carbocycles. The predicted octanol–water partition coefficient (Wildman–Crippen LogP) is 0.633. The van der Waals surface area contributed by atoms with Crippen molar-refractivity contribution in [2.45, 2.75) is 32.7 Å². The second-order valence-corrected chi connectivity index (χ2v) is 7.30. The molecular formula is C19H26N6O3. The van der Waals surface area contributed by atoms with Gasteiger partial charge in [0.2, 0.25) is 0 Å². The molecule has 9 heteroatoms. The minimum Gasteiger partial charge on any atom is -0.378 e. The van der Waals surface area contributed by atoms with Crippen LogP contribution >= 0.6 is 0 Å². The molecule has 0 radical (unpaired) electrons. The zero-order valence-corrected chi connectivity index (χ0v) is 16.1. The summed E-state index contributed by atoms with van der Waals surface area (Å²) in [6.07, 6.45) is 5.67. The standard InChI is InChI=1S/C19H26N6O3/c1-2-17-20-12-15(23-17)18(26)21-10-13-3-4-25-16(9-13)14(11-22-25)19(27)24-5-7-28-8-6-24/h11-13H,2-10H2,1H3,(H,20,23)(H,21,26)/t13-/m1/s1. The summed E-state index contributed by atoms with van der Waals surface area (Å²) >= 11 is 0. The van der Waals surface area contributed by atoms with Crippen LogP contribution in [0.15, 0.2) is 12.4 Å². The molecule has 2 amide bonds. The number of rotatable bonds is 5. The molecule has 4 rings (SSSR count). The normalized spacial score (nSPS) is 19.3. The first kappa shape index (κ1) is 18.7. The van der Waals surface area contributed by atoms with E-state index in [0.717, 1.165) is 37.3 Å². The van der Waals surface area contributed by atoms with Gasteiger partial charge in [0, 0.05) is 32.6 Å². The molecule has 0 spiro atoms. The average molecular weight is 386 g/mol. The maximum Gasteiger partial charge on any atom is 0.269 e. The monoisotopic (exact) mass is 386 g/mol. The van der Waals surface area contributed by atoms with Crippen molar-refractivity contribution in [3.05, 3.63) is 35.2 Å². The summed E-state index contributed by atoms with van der Waals surface area (Å²) in [5.41, 5.74) is 2.14. The van der Waals surface area contributed by atoms with E-state index in [1.165, 1.54) is 0 Å². The van der Waals surface area contributed by atoms with E-state index < -0.39 is 0 Å². The van der Waals surface area contributed by atoms with Gasteiger partial charge in [-0.25, -0.2) is 4.98 Å². The zero-order chi connectivity index (χ0) is 19.5. The first-order valence-electron chi connectivity index (χ1n) is 9.89. The largest absolute Gasteiger partial charge is 0.378 e. The number of hydrogen-bond acceptors (Lipinski definition) is 5. The van der Waals surface area contributed by atoms with Gasteiger partial charge in [0.25, 0.3) is 11.8 Å². The van der Waals surface area contributed by atoms with Gasteiger partial charge in [-0.15, -0.1) is 0 Å². The Morgan fingerprint density at radius 3 is 2.86 bits per heavy atom. The van der Waals surface area contributed by atoms with Crippen LogP contribution in [0.25, 0.3) is 0 Å². The molecule has 1 fully saturated rings. The topological polar surface area (TPSA) is 105 Å². The van der Waals surface area contributed by atoms with Crippen LogP contribution in [0.5, 0.6) is 0 Å². The van der Waals surface area contributed by atoms with E-state index in [4.69, 9.17) is 4.74 Å². The van der Waals surface area contributed by atoms with Gasteiger partial charge < -0.3 is 19.9 Å². The van der Waals surface area contributed by atoms with Crippen LogP contribution < -0.4 is 5.32 Å². The van der Waals surface area contributed by atoms with E-state index in [1.54, 1.807) is 12.4 Å². The van der Waals surface area contributed by atoms with E-state index in [9.17, 15) is 9.59 Å². The van der Waals surface area contributed by atoms with E-state index in [0.29, 0.717) is 44.1 Å². The Kier molecular flexibility index (Phi) is 5.43. The number of amides is 2. The lowest BCUT2D eigenvalue weighted by Gasteiger charge is -2.28. The lowest BCUT2D eigenvalue weighted by atomic mass is 9.94. The summed E-state index contributed by atoms with van der Waals surface area (Å²) in [5.74, 6) is 0.964. The third-order valence-corrected chi connectivity index (χ3v) is 5.47. The number of H-pyrrole nitrogens is 1. The van der Waals surface area contributed by atoms with Gasteiger partial charge >= 0.3 is 0 Å². The molecule has 28 heavy (non-hydrogen) atoms. The molecule has 9 nitrogen and oxygen atoms in total. The van der Waals surface area contributed by atoms with Gasteiger partial charge in [-0.05, 0) is 18.8 Å². The molecule has 1 saturated heterocycles. The van der Waals surface area contributed by atoms with Crippen LogP contribution in [0.2, 0.25) is 0 Å². The second kappa shape index (κ2) is 8.14. The quantitative estimate of drug-likeness (QED) is 0.784. The molecular weight excluding hydrogens is 360 g/mol. The highest BCUT2D eigenvalue weighted by Gasteiger charge is 2.28. The smallest absolute Gasteiger partial charge is 0.269 e. The zero-order valence-electron chi connectivity index (χ0n) is 16.1. The molecule has 0 unspecified atom stereocenters. The van der Waals surface area contributed by atoms with Crippen LogP contribution in [-0.2, 0) is 24.1 Å². The van der Waals surface area contributed by atoms with Gasteiger partial charge in [-0.2, -0.15) is 5.10 Å². The van der Waals surface area contributed by atoms with Gasteiger partial charge in [0.15, 0.2) is 0 Å². The number of carbonyl (C=O) groups excluding carboxylic acids is 2. The Bertz CT molecular complexity index is 852. The fraction of sp³-hybridized carbons (Fsp3) is 0.579. The molecule has 1 atom stereocenters. The number of fused-ring (bicyclic) bond motifs is 1. The Hall–Kier alpha value is -2.68. The molecule has 2 N–H and O–H groups in total. The highest BCUT2D eigenvalue weighted by Crippen LogP contribution is 2.24. The Morgan fingerprint density at radius 2 is 2.11 bits per heavy atom. The van der Waals surface area contributed by atoms with Gasteiger partial charge in [0.05, 0.1) is 36.9 Å². The van der Waals surface area contributed by atoms with Crippen molar-refractivity contribution in [2.75, 3.05) is 32.8 Å². The molecule has 2 aromatic rings. The third-order valence-electron chi connectivity index (χ3n) is 5.47. The van der Waals surface area contributed by atoms with Crippen LogP contribution in [0.4, 0.5) is 0 Å². The van der Waals surface area contributed by atoms with E-state index >= 15 is 0 Å². The van der Waals surface area contributed by atoms with E-state index in [1.807, 2.05) is 16.5 Å². The Morgan fingerprint density at radius 1 is 1.29 bits per heavy atom. The number of imidazole rings is 1. The van der Waals surface area contributed by atoms with E-state index in [-0.39, 0.29) is 17.7 Å². The number of ether oxygens (including phenoxy) is 1.